The van der Waals surface area contributed by atoms with Crippen molar-refractivity contribution in [1.82, 2.24) is 14.9 Å². The van der Waals surface area contributed by atoms with Crippen LogP contribution in [-0.4, -0.2) is 40.5 Å². The molecule has 0 spiro atoms. The smallest absolute Gasteiger partial charge is 0.129 e. The van der Waals surface area contributed by atoms with Crippen molar-refractivity contribution in [3.8, 4) is 0 Å². The second-order valence-electron chi connectivity index (χ2n) is 4.28. The van der Waals surface area contributed by atoms with Crippen LogP contribution < -0.4 is 5.32 Å². The molecule has 2 rings (SSSR count). The van der Waals surface area contributed by atoms with E-state index in [0.717, 1.165) is 31.8 Å². The van der Waals surface area contributed by atoms with Gasteiger partial charge in [-0.1, -0.05) is 11.6 Å². The third kappa shape index (κ3) is 2.98. The molecule has 2 heterocycles. The number of nitrogens with one attached hydrogen (secondary N) is 1. The van der Waals surface area contributed by atoms with E-state index in [1.54, 1.807) is 10.8 Å². The standard InChI is InChI=1S/C11H18ClN3O2/c1-15-10(12)6-14-11(15)9(7-16)13-5-8-3-2-4-17-8/h6,8-9,13,16H,2-5,7H2,1H3. The predicted molar refractivity (Wildman–Crippen MR) is 65.0 cm³/mol. The van der Waals surface area contributed by atoms with Crippen LogP contribution in [0.2, 0.25) is 5.15 Å². The SMILES string of the molecule is Cn1c(Cl)cnc1C(CO)NCC1CCCO1. The first-order valence-electron chi connectivity index (χ1n) is 5.85. The zero-order valence-electron chi connectivity index (χ0n) is 9.90. The number of rotatable bonds is 5. The van der Waals surface area contributed by atoms with E-state index < -0.39 is 0 Å². The maximum atomic E-state index is 9.39. The number of halogens is 1. The minimum atomic E-state index is -0.198. The highest BCUT2D eigenvalue weighted by Gasteiger charge is 2.20. The Bertz CT molecular complexity index is 364. The van der Waals surface area contributed by atoms with Gasteiger partial charge in [-0.25, -0.2) is 4.98 Å². The van der Waals surface area contributed by atoms with Gasteiger partial charge in [0, 0.05) is 20.2 Å². The zero-order chi connectivity index (χ0) is 12.3. The van der Waals surface area contributed by atoms with Gasteiger partial charge in [0.15, 0.2) is 0 Å². The predicted octanol–water partition coefficient (Wildman–Crippen LogP) is 0.875. The molecule has 96 valence electrons. The quantitative estimate of drug-likeness (QED) is 0.824. The molecule has 1 aromatic heterocycles. The number of nitrogens with zero attached hydrogens (tertiary/aromatic N) is 2. The van der Waals surface area contributed by atoms with Crippen molar-refractivity contribution < 1.29 is 9.84 Å². The third-order valence-electron chi connectivity index (χ3n) is 3.08. The van der Waals surface area contributed by atoms with E-state index in [4.69, 9.17) is 16.3 Å². The van der Waals surface area contributed by atoms with Crippen LogP contribution in [0.1, 0.15) is 24.7 Å². The van der Waals surface area contributed by atoms with E-state index in [2.05, 4.69) is 10.3 Å². The fraction of sp³-hybridized carbons (Fsp3) is 0.727. The highest BCUT2D eigenvalue weighted by Crippen LogP contribution is 2.17. The summed E-state index contributed by atoms with van der Waals surface area (Å²) in [6.07, 6.45) is 4.03. The van der Waals surface area contributed by atoms with Crippen LogP contribution >= 0.6 is 11.6 Å². The topological polar surface area (TPSA) is 59.3 Å². The summed E-state index contributed by atoms with van der Waals surface area (Å²) >= 11 is 5.92. The summed E-state index contributed by atoms with van der Waals surface area (Å²) in [5, 5.41) is 13.2. The van der Waals surface area contributed by atoms with Crippen molar-refractivity contribution in [3.05, 3.63) is 17.2 Å². The molecule has 2 atom stereocenters. The molecule has 0 radical (unpaired) electrons. The van der Waals surface area contributed by atoms with Gasteiger partial charge in [0.1, 0.15) is 11.0 Å². The van der Waals surface area contributed by atoms with Gasteiger partial charge in [0.2, 0.25) is 0 Å². The Morgan fingerprint density at radius 3 is 3.12 bits per heavy atom. The molecule has 0 amide bonds. The lowest BCUT2D eigenvalue weighted by molar-refractivity contribution is 0.103. The molecule has 5 nitrogen and oxygen atoms in total. The maximum absolute atomic E-state index is 9.39. The molecule has 1 aromatic rings. The highest BCUT2D eigenvalue weighted by atomic mass is 35.5. The van der Waals surface area contributed by atoms with Crippen LogP contribution in [-0.2, 0) is 11.8 Å². The number of imidazole rings is 1. The zero-order valence-corrected chi connectivity index (χ0v) is 10.7. The Balaban J connectivity index is 1.94. The van der Waals surface area contributed by atoms with Crippen molar-refractivity contribution in [3.63, 3.8) is 0 Å². The summed E-state index contributed by atoms with van der Waals surface area (Å²) in [5.74, 6) is 0.746. The molecule has 1 saturated heterocycles. The summed E-state index contributed by atoms with van der Waals surface area (Å²) in [6, 6.07) is -0.198. The monoisotopic (exact) mass is 259 g/mol. The number of aromatic nitrogens is 2. The van der Waals surface area contributed by atoms with Gasteiger partial charge in [-0.2, -0.15) is 0 Å². The van der Waals surface area contributed by atoms with Crippen molar-refractivity contribution in [2.24, 2.45) is 7.05 Å². The second-order valence-corrected chi connectivity index (χ2v) is 4.66. The lowest BCUT2D eigenvalue weighted by atomic mass is 10.2. The van der Waals surface area contributed by atoms with Crippen LogP contribution in [0.15, 0.2) is 6.20 Å². The molecule has 6 heteroatoms. The summed E-state index contributed by atoms with van der Waals surface area (Å²) < 4.78 is 7.29. The minimum Gasteiger partial charge on any atom is -0.394 e. The Hall–Kier alpha value is -0.620. The van der Waals surface area contributed by atoms with Crippen LogP contribution in [0.25, 0.3) is 0 Å². The molecular formula is C11H18ClN3O2. The van der Waals surface area contributed by atoms with Crippen molar-refractivity contribution in [2.45, 2.75) is 25.0 Å². The fourth-order valence-electron chi connectivity index (χ4n) is 2.04. The third-order valence-corrected chi connectivity index (χ3v) is 3.43. The average Bonchev–Trinajstić information content (AvgIpc) is 2.94. The number of aliphatic hydroxyl groups excluding tert-OH is 1. The van der Waals surface area contributed by atoms with E-state index in [0.29, 0.717) is 5.15 Å². The summed E-state index contributed by atoms with van der Waals surface area (Å²) in [5.41, 5.74) is 0. The van der Waals surface area contributed by atoms with E-state index in [1.165, 1.54) is 0 Å². The van der Waals surface area contributed by atoms with Gasteiger partial charge in [-0.15, -0.1) is 0 Å². The van der Waals surface area contributed by atoms with E-state index in [-0.39, 0.29) is 18.8 Å². The first kappa shape index (κ1) is 12.8. The lowest BCUT2D eigenvalue weighted by Gasteiger charge is -2.18. The van der Waals surface area contributed by atoms with Crippen molar-refractivity contribution in [2.75, 3.05) is 19.8 Å². The van der Waals surface area contributed by atoms with Crippen LogP contribution in [0, 0.1) is 0 Å². The van der Waals surface area contributed by atoms with E-state index in [1.807, 2.05) is 7.05 Å². The Morgan fingerprint density at radius 1 is 1.76 bits per heavy atom. The average molecular weight is 260 g/mol. The number of ether oxygens (including phenoxy) is 1. The van der Waals surface area contributed by atoms with Crippen LogP contribution in [0.3, 0.4) is 0 Å². The molecule has 0 saturated carbocycles. The number of aliphatic hydroxyl groups is 1. The highest BCUT2D eigenvalue weighted by molar-refractivity contribution is 6.29. The molecule has 0 aromatic carbocycles. The van der Waals surface area contributed by atoms with Gasteiger partial charge in [0.05, 0.1) is 24.9 Å². The van der Waals surface area contributed by atoms with Crippen molar-refractivity contribution >= 4 is 11.6 Å². The number of hydrogen-bond donors (Lipinski definition) is 2. The molecule has 2 N–H and O–H groups in total. The van der Waals surface area contributed by atoms with Crippen molar-refractivity contribution in [1.29, 1.82) is 0 Å². The summed E-state index contributed by atoms with van der Waals surface area (Å²) in [4.78, 5) is 4.20. The molecule has 17 heavy (non-hydrogen) atoms. The molecule has 1 aliphatic heterocycles. The Kier molecular flexibility index (Phi) is 4.39. The minimum absolute atomic E-state index is 0.00605. The summed E-state index contributed by atoms with van der Waals surface area (Å²) in [7, 11) is 1.83. The van der Waals surface area contributed by atoms with E-state index >= 15 is 0 Å². The molecule has 2 unspecified atom stereocenters. The number of hydrogen-bond acceptors (Lipinski definition) is 4. The lowest BCUT2D eigenvalue weighted by Crippen LogP contribution is -2.33. The molecule has 1 aliphatic rings. The van der Waals surface area contributed by atoms with Gasteiger partial charge < -0.3 is 19.7 Å². The normalized spacial score (nSPS) is 21.9. The fourth-order valence-corrected chi connectivity index (χ4v) is 2.18. The largest absolute Gasteiger partial charge is 0.394 e. The first-order chi connectivity index (χ1) is 8.22. The van der Waals surface area contributed by atoms with Crippen LogP contribution in [0.4, 0.5) is 0 Å². The molecule has 0 bridgehead atoms. The van der Waals surface area contributed by atoms with Gasteiger partial charge >= 0.3 is 0 Å². The van der Waals surface area contributed by atoms with E-state index in [9.17, 15) is 5.11 Å². The molecular weight excluding hydrogens is 242 g/mol. The van der Waals surface area contributed by atoms with Crippen LogP contribution in [0.5, 0.6) is 0 Å². The Labute approximate surface area is 106 Å². The van der Waals surface area contributed by atoms with Gasteiger partial charge in [-0.3, -0.25) is 0 Å². The van der Waals surface area contributed by atoms with Gasteiger partial charge in [0.25, 0.3) is 0 Å². The molecule has 1 fully saturated rings. The van der Waals surface area contributed by atoms with Gasteiger partial charge in [-0.05, 0) is 12.8 Å². The Morgan fingerprint density at radius 2 is 2.59 bits per heavy atom. The maximum Gasteiger partial charge on any atom is 0.129 e. The summed E-state index contributed by atoms with van der Waals surface area (Å²) in [6.45, 7) is 1.56. The molecule has 0 aliphatic carbocycles. The first-order valence-corrected chi connectivity index (χ1v) is 6.23. The second kappa shape index (κ2) is 5.82.